The quantitative estimate of drug-likeness (QED) is 0.305. The number of ether oxygens (including phenoxy) is 1. The van der Waals surface area contributed by atoms with Crippen molar-refractivity contribution in [2.75, 3.05) is 20.3 Å². The third kappa shape index (κ3) is 5.03. The molecule has 1 unspecified atom stereocenters. The third-order valence-electron chi connectivity index (χ3n) is 6.12. The molecule has 0 aliphatic carbocycles. The highest BCUT2D eigenvalue weighted by molar-refractivity contribution is 6.30. The molecule has 0 aliphatic heterocycles. The zero-order valence-electron chi connectivity index (χ0n) is 20.4. The van der Waals surface area contributed by atoms with Gasteiger partial charge in [-0.25, -0.2) is 9.37 Å². The molecule has 0 radical (unpaired) electrons. The number of aromatic nitrogens is 2. The Labute approximate surface area is 213 Å². The first kappa shape index (κ1) is 25.5. The summed E-state index contributed by atoms with van der Waals surface area (Å²) in [6.45, 7) is 4.47. The fraction of sp³-hybridized carbons (Fsp3) is 0.250. The predicted octanol–water partition coefficient (Wildman–Crippen LogP) is 5.73. The number of benzene rings is 3. The highest BCUT2D eigenvalue weighted by Crippen LogP contribution is 2.28. The average molecular weight is 508 g/mol. The van der Waals surface area contributed by atoms with Crippen LogP contribution >= 0.6 is 11.6 Å². The van der Waals surface area contributed by atoms with E-state index in [0.29, 0.717) is 41.0 Å². The maximum atomic E-state index is 14.0. The number of nitrogens with zero attached hydrogens (tertiary/aromatic N) is 3. The first-order valence-corrected chi connectivity index (χ1v) is 12.1. The molecule has 1 aromatic heterocycles. The largest absolute Gasteiger partial charge is 0.383 e. The van der Waals surface area contributed by atoms with Gasteiger partial charge in [0.25, 0.3) is 11.5 Å². The van der Waals surface area contributed by atoms with Crippen LogP contribution in [0.4, 0.5) is 4.39 Å². The van der Waals surface area contributed by atoms with E-state index in [0.717, 1.165) is 5.56 Å². The smallest absolute Gasteiger partial charge is 0.266 e. The number of fused-ring (bicyclic) bond motifs is 1. The molecule has 0 spiro atoms. The highest BCUT2D eigenvalue weighted by Gasteiger charge is 2.29. The molecule has 4 rings (SSSR count). The van der Waals surface area contributed by atoms with Crippen molar-refractivity contribution in [2.45, 2.75) is 26.3 Å². The summed E-state index contributed by atoms with van der Waals surface area (Å²) >= 11 is 6.08. The number of halogens is 2. The monoisotopic (exact) mass is 507 g/mol. The van der Waals surface area contributed by atoms with Gasteiger partial charge in [-0.2, -0.15) is 0 Å². The van der Waals surface area contributed by atoms with Crippen LogP contribution in [0.15, 0.2) is 71.5 Å². The van der Waals surface area contributed by atoms with E-state index >= 15 is 0 Å². The van der Waals surface area contributed by atoms with Crippen LogP contribution in [0.3, 0.4) is 0 Å². The molecule has 186 valence electrons. The van der Waals surface area contributed by atoms with Crippen molar-refractivity contribution >= 4 is 28.4 Å². The lowest BCUT2D eigenvalue weighted by Crippen LogP contribution is -2.40. The molecule has 0 saturated heterocycles. The van der Waals surface area contributed by atoms with Gasteiger partial charge in [-0.05, 0) is 55.8 Å². The van der Waals surface area contributed by atoms with Crippen molar-refractivity contribution in [2.24, 2.45) is 0 Å². The molecule has 0 fully saturated rings. The van der Waals surface area contributed by atoms with Crippen LogP contribution in [0, 0.1) is 12.7 Å². The molecule has 4 aromatic rings. The van der Waals surface area contributed by atoms with Gasteiger partial charge in [0, 0.05) is 19.2 Å². The second kappa shape index (κ2) is 11.0. The van der Waals surface area contributed by atoms with Crippen LogP contribution in [0.25, 0.3) is 16.6 Å². The summed E-state index contributed by atoms with van der Waals surface area (Å²) in [4.78, 5) is 34.0. The Hall–Kier alpha value is -3.55. The maximum absolute atomic E-state index is 14.0. The first-order valence-electron chi connectivity index (χ1n) is 11.7. The number of carbonyl (C=O) groups excluding carboxylic acids is 1. The van der Waals surface area contributed by atoms with Gasteiger partial charge < -0.3 is 9.64 Å². The molecule has 36 heavy (non-hydrogen) atoms. The Kier molecular flexibility index (Phi) is 7.82. The number of carbonyl (C=O) groups is 1. The summed E-state index contributed by atoms with van der Waals surface area (Å²) < 4.78 is 20.7. The third-order valence-corrected chi connectivity index (χ3v) is 6.41. The van der Waals surface area contributed by atoms with E-state index in [-0.39, 0.29) is 23.0 Å². The number of para-hydroxylation sites is 1. The number of hydrogen-bond acceptors (Lipinski definition) is 4. The Morgan fingerprint density at radius 1 is 1.14 bits per heavy atom. The van der Waals surface area contributed by atoms with Crippen molar-refractivity contribution in [3.63, 3.8) is 0 Å². The van der Waals surface area contributed by atoms with Crippen LogP contribution < -0.4 is 5.56 Å². The molecule has 1 heterocycles. The highest BCUT2D eigenvalue weighted by atomic mass is 35.5. The predicted molar refractivity (Wildman–Crippen MR) is 139 cm³/mol. The van der Waals surface area contributed by atoms with Crippen LogP contribution in [-0.2, 0) is 4.74 Å². The normalized spacial score (nSPS) is 12.0. The van der Waals surface area contributed by atoms with Crippen LogP contribution in [0.2, 0.25) is 5.02 Å². The topological polar surface area (TPSA) is 64.4 Å². The minimum atomic E-state index is -0.591. The van der Waals surface area contributed by atoms with Crippen molar-refractivity contribution in [3.05, 3.63) is 105 Å². The molecule has 0 bridgehead atoms. The number of amides is 1. The fourth-order valence-electron chi connectivity index (χ4n) is 4.24. The van der Waals surface area contributed by atoms with Gasteiger partial charge >= 0.3 is 0 Å². The van der Waals surface area contributed by atoms with E-state index in [1.54, 1.807) is 48.4 Å². The Morgan fingerprint density at radius 3 is 2.53 bits per heavy atom. The van der Waals surface area contributed by atoms with E-state index in [9.17, 15) is 14.0 Å². The van der Waals surface area contributed by atoms with Gasteiger partial charge in [-0.15, -0.1) is 0 Å². The van der Waals surface area contributed by atoms with Gasteiger partial charge in [-0.1, -0.05) is 48.4 Å². The minimum absolute atomic E-state index is 0.112. The van der Waals surface area contributed by atoms with Gasteiger partial charge in [0.05, 0.1) is 34.3 Å². The average Bonchev–Trinajstić information content (AvgIpc) is 2.88. The zero-order chi connectivity index (χ0) is 25.8. The van der Waals surface area contributed by atoms with Crippen molar-refractivity contribution in [1.82, 2.24) is 14.5 Å². The molecule has 0 aliphatic rings. The summed E-state index contributed by atoms with van der Waals surface area (Å²) in [6, 6.07) is 17.9. The number of rotatable bonds is 8. The number of hydrogen-bond donors (Lipinski definition) is 0. The van der Waals surface area contributed by atoms with Crippen molar-refractivity contribution < 1.29 is 13.9 Å². The second-order valence-corrected chi connectivity index (χ2v) is 8.91. The second-order valence-electron chi connectivity index (χ2n) is 8.51. The van der Waals surface area contributed by atoms with E-state index < -0.39 is 11.9 Å². The molecular weight excluding hydrogens is 481 g/mol. The maximum Gasteiger partial charge on any atom is 0.266 e. The molecule has 1 amide bonds. The Bertz CT molecular complexity index is 1450. The van der Waals surface area contributed by atoms with Crippen LogP contribution in [-0.4, -0.2) is 40.6 Å². The summed E-state index contributed by atoms with van der Waals surface area (Å²) in [5.74, 6) is -0.433. The van der Waals surface area contributed by atoms with Gasteiger partial charge in [0.15, 0.2) is 0 Å². The van der Waals surface area contributed by atoms with Gasteiger partial charge in [0.1, 0.15) is 11.6 Å². The molecule has 3 aromatic carbocycles. The van der Waals surface area contributed by atoms with Crippen LogP contribution in [0.1, 0.15) is 41.1 Å². The lowest BCUT2D eigenvalue weighted by molar-refractivity contribution is 0.0579. The van der Waals surface area contributed by atoms with Crippen molar-refractivity contribution in [1.29, 1.82) is 0 Å². The standard InChI is InChI=1S/C28H27ClFN3O3/c1-4-25(32(15-16-36-3)27(34)19-11-9-18(2)10-12-19)26-31-24-8-6-5-7-21(24)28(35)33(26)20-13-14-23(30)22(29)17-20/h5-14,17,25H,4,15-16H2,1-3H3. The number of aryl methyl sites for hydroxylation is 1. The fourth-order valence-corrected chi connectivity index (χ4v) is 4.41. The van der Waals surface area contributed by atoms with Gasteiger partial charge in [-0.3, -0.25) is 14.2 Å². The van der Waals surface area contributed by atoms with E-state index in [4.69, 9.17) is 21.3 Å². The molecule has 1 atom stereocenters. The lowest BCUT2D eigenvalue weighted by atomic mass is 10.1. The summed E-state index contributed by atoms with van der Waals surface area (Å²) in [5, 5.41) is 0.295. The molecule has 0 saturated carbocycles. The first-order chi connectivity index (χ1) is 17.3. The van der Waals surface area contributed by atoms with E-state index in [1.165, 1.54) is 22.8 Å². The Balaban J connectivity index is 1.95. The summed E-state index contributed by atoms with van der Waals surface area (Å²) in [7, 11) is 1.57. The molecule has 6 nitrogen and oxygen atoms in total. The molecule has 0 N–H and O–H groups in total. The number of methoxy groups -OCH3 is 1. The van der Waals surface area contributed by atoms with Gasteiger partial charge in [0.2, 0.25) is 0 Å². The SMILES string of the molecule is CCC(c1nc2ccccc2c(=O)n1-c1ccc(F)c(Cl)c1)N(CCOC)C(=O)c1ccc(C)cc1. The Morgan fingerprint density at radius 2 is 1.86 bits per heavy atom. The molecule has 8 heteroatoms. The summed E-state index contributed by atoms with van der Waals surface area (Å²) in [5.41, 5.74) is 2.11. The summed E-state index contributed by atoms with van der Waals surface area (Å²) in [6.07, 6.45) is 0.473. The van der Waals surface area contributed by atoms with Crippen molar-refractivity contribution in [3.8, 4) is 5.69 Å². The minimum Gasteiger partial charge on any atom is -0.383 e. The zero-order valence-corrected chi connectivity index (χ0v) is 21.1. The van der Waals surface area contributed by atoms with E-state index in [1.807, 2.05) is 26.0 Å². The lowest BCUT2D eigenvalue weighted by Gasteiger charge is -2.32. The van der Waals surface area contributed by atoms with E-state index in [2.05, 4.69) is 0 Å². The molecular formula is C28H27ClFN3O3. The van der Waals surface area contributed by atoms with Crippen LogP contribution in [0.5, 0.6) is 0 Å².